The molecule has 0 aliphatic heterocycles. The number of hydrogen-bond acceptors (Lipinski definition) is 1. The second kappa shape index (κ2) is 5.17. The number of benzene rings is 2. The normalized spacial score (nSPS) is 10.6. The van der Waals surface area contributed by atoms with Crippen molar-refractivity contribution in [3.05, 3.63) is 72.0 Å². The number of para-hydroxylation sites is 1. The summed E-state index contributed by atoms with van der Waals surface area (Å²) in [6, 6.07) is 18.0. The van der Waals surface area contributed by atoms with Gasteiger partial charge in [-0.2, -0.15) is 0 Å². The van der Waals surface area contributed by atoms with Crippen molar-refractivity contribution in [3.63, 3.8) is 0 Å². The van der Waals surface area contributed by atoms with Crippen molar-refractivity contribution in [3.8, 4) is 5.75 Å². The van der Waals surface area contributed by atoms with Gasteiger partial charge in [0.05, 0.1) is 6.26 Å². The molecule has 0 N–H and O–H groups in total. The Morgan fingerprint density at radius 2 is 1.56 bits per heavy atom. The number of aryl methyl sites for hydroxylation is 1. The molecular formula is C15H14O. The van der Waals surface area contributed by atoms with Gasteiger partial charge in [-0.3, -0.25) is 0 Å². The zero-order chi connectivity index (χ0) is 11.2. The Bertz CT molecular complexity index is 455. The summed E-state index contributed by atoms with van der Waals surface area (Å²) >= 11 is 0. The Labute approximate surface area is 96.0 Å². The molecule has 2 aromatic rings. The van der Waals surface area contributed by atoms with Crippen LogP contribution < -0.4 is 4.74 Å². The van der Waals surface area contributed by atoms with Crippen molar-refractivity contribution in [2.45, 2.75) is 6.92 Å². The van der Waals surface area contributed by atoms with E-state index in [0.717, 1.165) is 11.3 Å². The number of rotatable bonds is 3. The van der Waals surface area contributed by atoms with Crippen LogP contribution in [0, 0.1) is 6.92 Å². The SMILES string of the molecule is Cc1ccc(/C=C/Oc2ccccc2)cc1. The van der Waals surface area contributed by atoms with Crippen LogP contribution in [0.1, 0.15) is 11.1 Å². The number of ether oxygens (including phenoxy) is 1. The molecule has 0 unspecified atom stereocenters. The maximum atomic E-state index is 5.46. The highest BCUT2D eigenvalue weighted by molar-refractivity contribution is 5.48. The van der Waals surface area contributed by atoms with E-state index in [4.69, 9.17) is 4.74 Å². The van der Waals surface area contributed by atoms with Gasteiger partial charge in [-0.05, 0) is 30.7 Å². The lowest BCUT2D eigenvalue weighted by molar-refractivity contribution is 0.485. The van der Waals surface area contributed by atoms with Gasteiger partial charge >= 0.3 is 0 Å². The summed E-state index contributed by atoms with van der Waals surface area (Å²) in [7, 11) is 0. The molecular weight excluding hydrogens is 196 g/mol. The monoisotopic (exact) mass is 210 g/mol. The summed E-state index contributed by atoms with van der Waals surface area (Å²) in [5.74, 6) is 0.853. The fourth-order valence-corrected chi connectivity index (χ4v) is 1.37. The Hall–Kier alpha value is -2.02. The van der Waals surface area contributed by atoms with E-state index in [1.54, 1.807) is 6.26 Å². The van der Waals surface area contributed by atoms with E-state index >= 15 is 0 Å². The van der Waals surface area contributed by atoms with Crippen molar-refractivity contribution < 1.29 is 4.74 Å². The van der Waals surface area contributed by atoms with Crippen LogP contribution in [0.2, 0.25) is 0 Å². The quantitative estimate of drug-likeness (QED) is 0.694. The molecule has 2 aromatic carbocycles. The lowest BCUT2D eigenvalue weighted by atomic mass is 10.1. The molecule has 0 aliphatic carbocycles. The first-order valence-corrected chi connectivity index (χ1v) is 5.29. The van der Waals surface area contributed by atoms with Crippen LogP contribution in [0.25, 0.3) is 6.08 Å². The maximum Gasteiger partial charge on any atom is 0.126 e. The summed E-state index contributed by atoms with van der Waals surface area (Å²) in [5, 5.41) is 0. The largest absolute Gasteiger partial charge is 0.465 e. The molecule has 0 amide bonds. The van der Waals surface area contributed by atoms with Gasteiger partial charge in [0.1, 0.15) is 5.75 Å². The fraction of sp³-hybridized carbons (Fsp3) is 0.0667. The average molecular weight is 210 g/mol. The van der Waals surface area contributed by atoms with Crippen LogP contribution in [-0.2, 0) is 0 Å². The zero-order valence-corrected chi connectivity index (χ0v) is 9.26. The molecule has 0 spiro atoms. The van der Waals surface area contributed by atoms with Crippen molar-refractivity contribution in [1.29, 1.82) is 0 Å². The van der Waals surface area contributed by atoms with Gasteiger partial charge in [-0.1, -0.05) is 48.0 Å². The smallest absolute Gasteiger partial charge is 0.126 e. The third-order valence-electron chi connectivity index (χ3n) is 2.29. The van der Waals surface area contributed by atoms with Crippen LogP contribution >= 0.6 is 0 Å². The molecule has 0 saturated heterocycles. The highest BCUT2D eigenvalue weighted by Gasteiger charge is 1.88. The summed E-state index contributed by atoms with van der Waals surface area (Å²) in [5.41, 5.74) is 2.41. The van der Waals surface area contributed by atoms with E-state index in [2.05, 4.69) is 31.2 Å². The molecule has 80 valence electrons. The number of hydrogen-bond donors (Lipinski definition) is 0. The van der Waals surface area contributed by atoms with Gasteiger partial charge in [-0.25, -0.2) is 0 Å². The Morgan fingerprint density at radius 3 is 2.25 bits per heavy atom. The zero-order valence-electron chi connectivity index (χ0n) is 9.26. The van der Waals surface area contributed by atoms with Gasteiger partial charge in [0, 0.05) is 0 Å². The summed E-state index contributed by atoms with van der Waals surface area (Å²) in [6.45, 7) is 2.08. The van der Waals surface area contributed by atoms with Gasteiger partial charge in [0.15, 0.2) is 0 Å². The van der Waals surface area contributed by atoms with Crippen molar-refractivity contribution >= 4 is 6.08 Å². The predicted molar refractivity (Wildman–Crippen MR) is 67.3 cm³/mol. The van der Waals surface area contributed by atoms with Crippen molar-refractivity contribution in [2.75, 3.05) is 0 Å². The lowest BCUT2D eigenvalue weighted by Crippen LogP contribution is -1.81. The molecule has 0 saturated carbocycles. The first kappa shape index (κ1) is 10.5. The molecule has 0 radical (unpaired) electrons. The van der Waals surface area contributed by atoms with E-state index in [-0.39, 0.29) is 0 Å². The third kappa shape index (κ3) is 2.99. The summed E-state index contributed by atoms with van der Waals surface area (Å²) in [4.78, 5) is 0. The molecule has 2 rings (SSSR count). The average Bonchev–Trinajstić information content (AvgIpc) is 2.33. The van der Waals surface area contributed by atoms with Crippen LogP contribution in [0.15, 0.2) is 60.9 Å². The molecule has 0 atom stereocenters. The Balaban J connectivity index is 1.98. The molecule has 0 aromatic heterocycles. The summed E-state index contributed by atoms with van der Waals surface area (Å²) in [6.07, 6.45) is 3.66. The van der Waals surface area contributed by atoms with Crippen molar-refractivity contribution in [1.82, 2.24) is 0 Å². The Kier molecular flexibility index (Phi) is 3.39. The minimum Gasteiger partial charge on any atom is -0.465 e. The second-order valence-electron chi connectivity index (χ2n) is 3.64. The van der Waals surface area contributed by atoms with Crippen LogP contribution in [-0.4, -0.2) is 0 Å². The van der Waals surface area contributed by atoms with Crippen LogP contribution in [0.5, 0.6) is 5.75 Å². The predicted octanol–water partition coefficient (Wildman–Crippen LogP) is 4.04. The van der Waals surface area contributed by atoms with Gasteiger partial charge in [-0.15, -0.1) is 0 Å². The van der Waals surface area contributed by atoms with Crippen LogP contribution in [0.4, 0.5) is 0 Å². The molecule has 1 heteroatoms. The fourth-order valence-electron chi connectivity index (χ4n) is 1.37. The lowest BCUT2D eigenvalue weighted by Gasteiger charge is -1.98. The second-order valence-corrected chi connectivity index (χ2v) is 3.64. The minimum atomic E-state index is 0.853. The standard InChI is InChI=1S/C15H14O/c1-13-7-9-14(10-8-13)11-12-16-15-5-3-2-4-6-15/h2-12H,1H3/b12-11+. The summed E-state index contributed by atoms with van der Waals surface area (Å²) < 4.78 is 5.46. The molecule has 1 nitrogen and oxygen atoms in total. The highest BCUT2D eigenvalue weighted by atomic mass is 16.5. The molecule has 0 bridgehead atoms. The van der Waals surface area contributed by atoms with Crippen molar-refractivity contribution in [2.24, 2.45) is 0 Å². The third-order valence-corrected chi connectivity index (χ3v) is 2.29. The van der Waals surface area contributed by atoms with E-state index in [1.165, 1.54) is 5.56 Å². The highest BCUT2D eigenvalue weighted by Crippen LogP contribution is 2.10. The first-order valence-electron chi connectivity index (χ1n) is 5.29. The maximum absolute atomic E-state index is 5.46. The van der Waals surface area contributed by atoms with E-state index in [0.29, 0.717) is 0 Å². The molecule has 16 heavy (non-hydrogen) atoms. The van der Waals surface area contributed by atoms with Gasteiger partial charge < -0.3 is 4.74 Å². The topological polar surface area (TPSA) is 9.23 Å². The Morgan fingerprint density at radius 1 is 0.875 bits per heavy atom. The van der Waals surface area contributed by atoms with Gasteiger partial charge in [0.2, 0.25) is 0 Å². The van der Waals surface area contributed by atoms with E-state index in [1.807, 2.05) is 36.4 Å². The van der Waals surface area contributed by atoms with E-state index < -0.39 is 0 Å². The van der Waals surface area contributed by atoms with Gasteiger partial charge in [0.25, 0.3) is 0 Å². The first-order chi connectivity index (χ1) is 7.84. The molecule has 0 aliphatic rings. The van der Waals surface area contributed by atoms with Crippen LogP contribution in [0.3, 0.4) is 0 Å². The molecule has 0 heterocycles. The minimum absolute atomic E-state index is 0.853. The van der Waals surface area contributed by atoms with E-state index in [9.17, 15) is 0 Å². The molecule has 0 fully saturated rings.